The van der Waals surface area contributed by atoms with Crippen LogP contribution in [0.3, 0.4) is 0 Å². The molecule has 47 heavy (non-hydrogen) atoms. The first-order valence-corrected chi connectivity index (χ1v) is 14.8. The molecule has 3 aromatic carbocycles. The topological polar surface area (TPSA) is 151 Å². The van der Waals surface area contributed by atoms with Crippen molar-refractivity contribution in [1.82, 2.24) is 25.4 Å². The Bertz CT molecular complexity index is 1830. The summed E-state index contributed by atoms with van der Waals surface area (Å²) in [5, 5.41) is 18.5. The predicted octanol–water partition coefficient (Wildman–Crippen LogP) is 6.21. The Morgan fingerprint density at radius 2 is 1.74 bits per heavy atom. The van der Waals surface area contributed by atoms with Crippen LogP contribution in [0.1, 0.15) is 37.1 Å². The second-order valence-corrected chi connectivity index (χ2v) is 11.2. The van der Waals surface area contributed by atoms with Gasteiger partial charge in [0.25, 0.3) is 0 Å². The number of carbonyl (C=O) groups is 3. The number of nitrogens with one attached hydrogen (secondary N) is 2. The van der Waals surface area contributed by atoms with Gasteiger partial charge in [-0.05, 0) is 59.5 Å². The van der Waals surface area contributed by atoms with Crippen LogP contribution in [0.15, 0.2) is 78.0 Å². The summed E-state index contributed by atoms with van der Waals surface area (Å²) in [7, 11) is 0. The number of carboxylic acid groups (broad SMARTS) is 1. The number of hydrogen-bond donors (Lipinski definition) is 3. The molecule has 1 aliphatic heterocycles. The highest BCUT2D eigenvalue weighted by Gasteiger charge is 2.33. The Kier molecular flexibility index (Phi) is 9.46. The van der Waals surface area contributed by atoms with Gasteiger partial charge in [-0.3, -0.25) is 15.0 Å². The minimum atomic E-state index is -4.82. The smallest absolute Gasteiger partial charge is 0.465 e. The molecular weight excluding hydrogens is 646 g/mol. The van der Waals surface area contributed by atoms with Gasteiger partial charge in [-0.1, -0.05) is 49.9 Å². The lowest BCUT2D eigenvalue weighted by Crippen LogP contribution is -2.40. The monoisotopic (exact) mass is 671 g/mol. The SMILES string of the molecule is CC(C)c1cc(F)ccc1N1C(=O)CS/C1=N\C(=O)NC(NC(=O)O)c1ccc(-c2ncn(-c3ccc(OC(F)(F)F)cc3)n2)cc1. The molecule has 17 heteroatoms. The molecule has 4 amide bonds. The van der Waals surface area contributed by atoms with E-state index < -0.39 is 30.5 Å². The van der Waals surface area contributed by atoms with E-state index in [-0.39, 0.29) is 34.3 Å². The number of anilines is 1. The van der Waals surface area contributed by atoms with Crippen LogP contribution in [0.4, 0.5) is 32.8 Å². The fraction of sp³-hybridized carbons (Fsp3) is 0.200. The van der Waals surface area contributed by atoms with E-state index in [2.05, 4.69) is 30.4 Å². The molecule has 1 fully saturated rings. The number of thioether (sulfide) groups is 1. The molecule has 0 radical (unpaired) electrons. The van der Waals surface area contributed by atoms with Crippen molar-refractivity contribution in [3.05, 3.63) is 90.0 Å². The number of aliphatic imine (C=N–C) groups is 1. The zero-order valence-electron chi connectivity index (χ0n) is 24.5. The van der Waals surface area contributed by atoms with Gasteiger partial charge in [-0.2, -0.15) is 4.99 Å². The first-order valence-electron chi connectivity index (χ1n) is 13.8. The highest BCUT2D eigenvalue weighted by atomic mass is 32.2. The lowest BCUT2D eigenvalue weighted by molar-refractivity contribution is -0.274. The van der Waals surface area contributed by atoms with Crippen molar-refractivity contribution in [3.8, 4) is 22.8 Å². The molecule has 0 spiro atoms. The summed E-state index contributed by atoms with van der Waals surface area (Å²) in [6.45, 7) is 3.67. The molecule has 0 saturated carbocycles. The largest absolute Gasteiger partial charge is 0.573 e. The maximum atomic E-state index is 14.0. The van der Waals surface area contributed by atoms with E-state index in [1.807, 2.05) is 13.8 Å². The van der Waals surface area contributed by atoms with Gasteiger partial charge < -0.3 is 15.2 Å². The summed E-state index contributed by atoms with van der Waals surface area (Å²) in [6, 6.07) is 14.3. The van der Waals surface area contributed by atoms with Crippen LogP contribution in [0.25, 0.3) is 17.1 Å². The average molecular weight is 672 g/mol. The van der Waals surface area contributed by atoms with Gasteiger partial charge in [0.05, 0.1) is 17.1 Å². The molecule has 0 aliphatic carbocycles. The maximum absolute atomic E-state index is 14.0. The Morgan fingerprint density at radius 3 is 2.38 bits per heavy atom. The van der Waals surface area contributed by atoms with Crippen LogP contribution in [-0.4, -0.2) is 55.2 Å². The zero-order valence-corrected chi connectivity index (χ0v) is 25.3. The van der Waals surface area contributed by atoms with Crippen molar-refractivity contribution >= 4 is 40.6 Å². The number of benzene rings is 3. The van der Waals surface area contributed by atoms with Crippen molar-refractivity contribution in [3.63, 3.8) is 0 Å². The van der Waals surface area contributed by atoms with E-state index >= 15 is 0 Å². The Labute approximate surface area is 268 Å². The predicted molar refractivity (Wildman–Crippen MR) is 164 cm³/mol. The zero-order chi connectivity index (χ0) is 33.9. The minimum absolute atomic E-state index is 0.000865. The molecule has 3 N–H and O–H groups in total. The summed E-state index contributed by atoms with van der Waals surface area (Å²) in [6.07, 6.45) is -6.13. The first kappa shape index (κ1) is 32.9. The number of amidine groups is 1. The van der Waals surface area contributed by atoms with Crippen molar-refractivity contribution in [2.45, 2.75) is 32.3 Å². The molecule has 1 saturated heterocycles. The quantitative estimate of drug-likeness (QED) is 0.148. The molecule has 2 heterocycles. The summed E-state index contributed by atoms with van der Waals surface area (Å²) >= 11 is 1.01. The fourth-order valence-electron chi connectivity index (χ4n) is 4.59. The van der Waals surface area contributed by atoms with Crippen LogP contribution in [-0.2, 0) is 4.79 Å². The molecule has 1 unspecified atom stereocenters. The van der Waals surface area contributed by atoms with Gasteiger partial charge >= 0.3 is 18.5 Å². The molecule has 4 aromatic rings. The molecule has 12 nitrogen and oxygen atoms in total. The third-order valence-corrected chi connectivity index (χ3v) is 7.60. The van der Waals surface area contributed by atoms with Crippen molar-refractivity contribution in [2.75, 3.05) is 10.7 Å². The third kappa shape index (κ3) is 8.04. The summed E-state index contributed by atoms with van der Waals surface area (Å²) < 4.78 is 56.5. The highest BCUT2D eigenvalue weighted by molar-refractivity contribution is 8.15. The number of hydrogen-bond acceptors (Lipinski definition) is 7. The maximum Gasteiger partial charge on any atom is 0.573 e. The van der Waals surface area contributed by atoms with Gasteiger partial charge in [0.2, 0.25) is 5.91 Å². The number of ether oxygens (including phenoxy) is 1. The van der Waals surface area contributed by atoms with Crippen LogP contribution in [0.2, 0.25) is 0 Å². The number of carbonyl (C=O) groups excluding carboxylic acids is 2. The average Bonchev–Trinajstić information content (AvgIpc) is 3.63. The number of urea groups is 1. The molecule has 1 atom stereocenters. The van der Waals surface area contributed by atoms with E-state index in [1.165, 1.54) is 58.4 Å². The summed E-state index contributed by atoms with van der Waals surface area (Å²) in [4.78, 5) is 46.8. The first-order chi connectivity index (χ1) is 22.3. The fourth-order valence-corrected chi connectivity index (χ4v) is 5.45. The highest BCUT2D eigenvalue weighted by Crippen LogP contribution is 2.34. The molecule has 244 valence electrons. The molecule has 1 aliphatic rings. The van der Waals surface area contributed by atoms with E-state index in [0.717, 1.165) is 23.9 Å². The second-order valence-electron chi connectivity index (χ2n) is 10.3. The lowest BCUT2D eigenvalue weighted by atomic mass is 10.0. The number of nitrogens with zero attached hydrogens (tertiary/aromatic N) is 5. The van der Waals surface area contributed by atoms with Gasteiger partial charge in [0, 0.05) is 5.56 Å². The number of amides is 4. The van der Waals surface area contributed by atoms with Crippen molar-refractivity contribution < 1.29 is 41.8 Å². The number of rotatable bonds is 8. The molecular formula is C30H25F4N7O5S. The van der Waals surface area contributed by atoms with Gasteiger partial charge in [-0.15, -0.1) is 18.3 Å². The van der Waals surface area contributed by atoms with Crippen LogP contribution in [0, 0.1) is 5.82 Å². The van der Waals surface area contributed by atoms with Crippen molar-refractivity contribution in [2.24, 2.45) is 4.99 Å². The van der Waals surface area contributed by atoms with E-state index in [1.54, 1.807) is 12.1 Å². The normalized spacial score (nSPS) is 14.8. The van der Waals surface area contributed by atoms with Gasteiger partial charge in [-0.25, -0.2) is 23.6 Å². The molecule has 0 bridgehead atoms. The van der Waals surface area contributed by atoms with Crippen LogP contribution >= 0.6 is 11.8 Å². The van der Waals surface area contributed by atoms with E-state index in [0.29, 0.717) is 28.1 Å². The van der Waals surface area contributed by atoms with Crippen LogP contribution < -0.4 is 20.3 Å². The van der Waals surface area contributed by atoms with E-state index in [4.69, 9.17) is 0 Å². The minimum Gasteiger partial charge on any atom is -0.465 e. The van der Waals surface area contributed by atoms with Crippen LogP contribution in [0.5, 0.6) is 5.75 Å². The third-order valence-electron chi connectivity index (χ3n) is 6.68. The lowest BCUT2D eigenvalue weighted by Gasteiger charge is -2.22. The van der Waals surface area contributed by atoms with Gasteiger partial charge in [0.1, 0.15) is 24.1 Å². The Hall–Kier alpha value is -5.45. The van der Waals surface area contributed by atoms with Crippen molar-refractivity contribution in [1.29, 1.82) is 0 Å². The summed E-state index contributed by atoms with van der Waals surface area (Å²) in [5.74, 6) is -1.09. The number of aromatic nitrogens is 3. The standard InChI is InChI=1S/C30H25F4N7O5S/c1-16(2)22-13-19(31)7-12-23(22)41-24(42)14-47-28(41)38-27(43)36-26(37-29(44)45)18-5-3-17(4-6-18)25-35-15-40(39-25)20-8-10-21(11-9-20)46-30(32,33)34/h3-13,15-16,26,37H,14H2,1-2H3,(H,36,43)(H,44,45)/b38-28-. The second kappa shape index (κ2) is 13.5. The number of alkyl halides is 3. The number of halogens is 4. The molecule has 5 rings (SSSR count). The Balaban J connectivity index is 1.32. The molecule has 1 aromatic heterocycles. The van der Waals surface area contributed by atoms with E-state index in [9.17, 15) is 37.1 Å². The van der Waals surface area contributed by atoms with Gasteiger partial charge in [0.15, 0.2) is 11.0 Å². The summed E-state index contributed by atoms with van der Waals surface area (Å²) in [5.41, 5.74) is 2.21. The Morgan fingerprint density at radius 1 is 1.04 bits per heavy atom.